The molecule has 33 heavy (non-hydrogen) atoms. The molecule has 0 aliphatic carbocycles. The van der Waals surface area contributed by atoms with Gasteiger partial charge in [-0.1, -0.05) is 23.8 Å². The maximum absolute atomic E-state index is 13.3. The van der Waals surface area contributed by atoms with Crippen molar-refractivity contribution >= 4 is 54.5 Å². The van der Waals surface area contributed by atoms with Gasteiger partial charge in [-0.3, -0.25) is 14.9 Å². The van der Waals surface area contributed by atoms with Crippen LogP contribution in [0.3, 0.4) is 0 Å². The van der Waals surface area contributed by atoms with Gasteiger partial charge in [0.2, 0.25) is 0 Å². The van der Waals surface area contributed by atoms with Crippen LogP contribution in [-0.2, 0) is 26.1 Å². The normalized spacial score (nSPS) is 18.1. The average molecular weight is 511 g/mol. The van der Waals surface area contributed by atoms with Crippen molar-refractivity contribution in [2.75, 3.05) is 20.3 Å². The quantitative estimate of drug-likeness (QED) is 0.356. The lowest BCUT2D eigenvalue weighted by atomic mass is 10.0. The summed E-state index contributed by atoms with van der Waals surface area (Å²) in [6.45, 7) is 0.915. The molecule has 13 heteroatoms. The first-order valence-corrected chi connectivity index (χ1v) is 13.4. The Morgan fingerprint density at radius 3 is 2.85 bits per heavy atom. The molecule has 0 spiro atoms. The fraction of sp³-hybridized carbons (Fsp3) is 0.400. The first-order valence-electron chi connectivity index (χ1n) is 10.2. The Hall–Kier alpha value is -2.45. The Morgan fingerprint density at radius 1 is 1.33 bits per heavy atom. The maximum Gasteiger partial charge on any atom is 0.271 e. The predicted octanol–water partition coefficient (Wildman–Crippen LogP) is 2.99. The summed E-state index contributed by atoms with van der Waals surface area (Å²) < 4.78 is 35.3. The van der Waals surface area contributed by atoms with Crippen LogP contribution in [0.25, 0.3) is 10.2 Å². The molecule has 2 aromatic heterocycles. The third kappa shape index (κ3) is 4.77. The molecule has 1 fully saturated rings. The van der Waals surface area contributed by atoms with Crippen LogP contribution < -0.4 is 4.80 Å². The number of nitrogens with zero attached hydrogens (tertiary/aromatic N) is 4. The van der Waals surface area contributed by atoms with Crippen LogP contribution in [0.15, 0.2) is 44.9 Å². The summed E-state index contributed by atoms with van der Waals surface area (Å²) in [5, 5.41) is 12.9. The molecular formula is C20H22N4O6S3. The number of aromatic nitrogens is 1. The van der Waals surface area contributed by atoms with E-state index in [0.29, 0.717) is 36.3 Å². The number of thiophene rings is 1. The van der Waals surface area contributed by atoms with E-state index in [4.69, 9.17) is 4.74 Å². The molecule has 3 aromatic rings. The van der Waals surface area contributed by atoms with Crippen molar-refractivity contribution in [1.82, 2.24) is 8.87 Å². The minimum Gasteiger partial charge on any atom is -0.383 e. The SMILES string of the molecule is COCCn1c(=NC(=O)C2CCCCN2S(=O)(=O)c2cccs2)sc2ccc([N+](=O)[O-])cc21. The number of sulfonamides is 1. The van der Waals surface area contributed by atoms with Gasteiger partial charge in [0.05, 0.1) is 21.7 Å². The van der Waals surface area contributed by atoms with Crippen molar-refractivity contribution in [3.8, 4) is 0 Å². The molecule has 0 radical (unpaired) electrons. The molecule has 3 heterocycles. The summed E-state index contributed by atoms with van der Waals surface area (Å²) in [6, 6.07) is 6.78. The highest BCUT2D eigenvalue weighted by atomic mass is 32.2. The fourth-order valence-corrected chi connectivity index (χ4v) is 7.60. The summed E-state index contributed by atoms with van der Waals surface area (Å²) in [4.78, 5) is 28.7. The number of ether oxygens (including phenoxy) is 1. The minimum absolute atomic E-state index is 0.0650. The van der Waals surface area contributed by atoms with Crippen molar-refractivity contribution in [2.45, 2.75) is 36.1 Å². The predicted molar refractivity (Wildman–Crippen MR) is 125 cm³/mol. The van der Waals surface area contributed by atoms with Gasteiger partial charge in [0.25, 0.3) is 21.6 Å². The van der Waals surface area contributed by atoms with Crippen molar-refractivity contribution in [2.24, 2.45) is 4.99 Å². The van der Waals surface area contributed by atoms with E-state index in [9.17, 15) is 23.3 Å². The molecule has 1 saturated heterocycles. The molecular weight excluding hydrogens is 488 g/mol. The van der Waals surface area contributed by atoms with E-state index in [1.807, 2.05) is 0 Å². The van der Waals surface area contributed by atoms with Crippen molar-refractivity contribution < 1.29 is 22.9 Å². The number of nitro benzene ring substituents is 1. The zero-order chi connectivity index (χ0) is 23.6. The van der Waals surface area contributed by atoms with Crippen LogP contribution in [-0.4, -0.2) is 54.4 Å². The number of carbonyl (C=O) groups excluding carboxylic acids is 1. The number of amides is 1. The van der Waals surface area contributed by atoms with Gasteiger partial charge in [-0.25, -0.2) is 8.42 Å². The molecule has 1 aliphatic rings. The number of piperidine rings is 1. The first-order chi connectivity index (χ1) is 15.8. The molecule has 1 aromatic carbocycles. The summed E-state index contributed by atoms with van der Waals surface area (Å²) in [6.07, 6.45) is 1.79. The van der Waals surface area contributed by atoms with Gasteiger partial charge in [0.1, 0.15) is 10.3 Å². The van der Waals surface area contributed by atoms with Crippen molar-refractivity contribution in [3.05, 3.63) is 50.6 Å². The van der Waals surface area contributed by atoms with Crippen molar-refractivity contribution in [3.63, 3.8) is 0 Å². The van der Waals surface area contributed by atoms with Crippen LogP contribution in [0.4, 0.5) is 5.69 Å². The van der Waals surface area contributed by atoms with Gasteiger partial charge in [0.15, 0.2) is 4.80 Å². The van der Waals surface area contributed by atoms with Gasteiger partial charge in [0, 0.05) is 32.3 Å². The van der Waals surface area contributed by atoms with Crippen LogP contribution in [0, 0.1) is 10.1 Å². The molecule has 0 saturated carbocycles. The van der Waals surface area contributed by atoms with E-state index < -0.39 is 26.9 Å². The number of hydrogen-bond donors (Lipinski definition) is 0. The summed E-state index contributed by atoms with van der Waals surface area (Å²) in [5.41, 5.74) is 0.509. The van der Waals surface area contributed by atoms with Crippen LogP contribution in [0.1, 0.15) is 19.3 Å². The maximum atomic E-state index is 13.3. The zero-order valence-corrected chi connectivity index (χ0v) is 20.2. The second kappa shape index (κ2) is 9.81. The number of fused-ring (bicyclic) bond motifs is 1. The highest BCUT2D eigenvalue weighted by Gasteiger charge is 2.38. The van der Waals surface area contributed by atoms with Gasteiger partial charge >= 0.3 is 0 Å². The third-order valence-corrected chi connectivity index (χ3v) is 9.74. The Bertz CT molecular complexity index is 1340. The van der Waals surface area contributed by atoms with Crippen LogP contribution in [0.2, 0.25) is 0 Å². The third-order valence-electron chi connectivity index (χ3n) is 5.40. The Kier molecular flexibility index (Phi) is 7.05. The number of methoxy groups -OCH3 is 1. The molecule has 4 rings (SSSR count). The van der Waals surface area contributed by atoms with Gasteiger partial charge in [-0.15, -0.1) is 11.3 Å². The monoisotopic (exact) mass is 510 g/mol. The highest BCUT2D eigenvalue weighted by Crippen LogP contribution is 2.29. The van der Waals surface area contributed by atoms with Gasteiger partial charge in [-0.2, -0.15) is 9.30 Å². The minimum atomic E-state index is -3.80. The van der Waals surface area contributed by atoms with Gasteiger partial charge in [-0.05, 0) is 30.4 Å². The Labute approximate surface area is 198 Å². The number of rotatable bonds is 7. The van der Waals surface area contributed by atoms with E-state index in [0.717, 1.165) is 22.5 Å². The Balaban J connectivity index is 1.76. The number of non-ortho nitro benzene ring substituents is 1. The largest absolute Gasteiger partial charge is 0.383 e. The number of nitro groups is 1. The summed E-state index contributed by atoms with van der Waals surface area (Å²) in [5.74, 6) is -0.540. The second-order valence-corrected chi connectivity index (χ2v) is 11.5. The molecule has 1 amide bonds. The second-order valence-electron chi connectivity index (χ2n) is 7.45. The molecule has 1 aliphatic heterocycles. The molecule has 10 nitrogen and oxygen atoms in total. The molecule has 0 N–H and O–H groups in total. The van der Waals surface area contributed by atoms with E-state index in [1.165, 1.54) is 41.0 Å². The van der Waals surface area contributed by atoms with E-state index in [2.05, 4.69) is 4.99 Å². The van der Waals surface area contributed by atoms with Crippen molar-refractivity contribution in [1.29, 1.82) is 0 Å². The number of thiazole rings is 1. The topological polar surface area (TPSA) is 124 Å². The standard InChI is InChI=1S/C20H22N4O6S3/c1-30-11-10-22-16-13-14(24(26)27)7-8-17(16)32-20(22)21-19(25)15-5-2-3-9-23(15)33(28,29)18-6-4-12-31-18/h4,6-8,12-13,15H,2-3,5,9-11H2,1H3. The Morgan fingerprint density at radius 2 is 2.15 bits per heavy atom. The van der Waals surface area contributed by atoms with Crippen LogP contribution >= 0.6 is 22.7 Å². The average Bonchev–Trinajstić information content (AvgIpc) is 3.46. The lowest BCUT2D eigenvalue weighted by Gasteiger charge is -2.31. The van der Waals surface area contributed by atoms with Crippen LogP contribution in [0.5, 0.6) is 0 Å². The molecule has 0 bridgehead atoms. The lowest BCUT2D eigenvalue weighted by Crippen LogP contribution is -2.47. The van der Waals surface area contributed by atoms with Gasteiger partial charge < -0.3 is 9.30 Å². The number of hydrogen-bond acceptors (Lipinski definition) is 8. The molecule has 176 valence electrons. The summed E-state index contributed by atoms with van der Waals surface area (Å²) >= 11 is 2.34. The van der Waals surface area contributed by atoms with E-state index >= 15 is 0 Å². The summed E-state index contributed by atoms with van der Waals surface area (Å²) in [7, 11) is -2.26. The number of benzene rings is 1. The van der Waals surface area contributed by atoms with E-state index in [-0.39, 0.29) is 16.4 Å². The fourth-order valence-electron chi connectivity index (χ4n) is 3.79. The highest BCUT2D eigenvalue weighted by molar-refractivity contribution is 7.91. The first kappa shape index (κ1) is 23.7. The lowest BCUT2D eigenvalue weighted by molar-refractivity contribution is -0.384. The molecule has 1 atom stereocenters. The zero-order valence-electron chi connectivity index (χ0n) is 17.7. The van der Waals surface area contributed by atoms with E-state index in [1.54, 1.807) is 22.1 Å². The number of carbonyl (C=O) groups is 1. The smallest absolute Gasteiger partial charge is 0.271 e. The molecule has 1 unspecified atom stereocenters.